The predicted octanol–water partition coefficient (Wildman–Crippen LogP) is 4.77. The van der Waals surface area contributed by atoms with Crippen LogP contribution in [-0.4, -0.2) is 0 Å². The third kappa shape index (κ3) is 1.92. The Balaban J connectivity index is 2.35. The summed E-state index contributed by atoms with van der Waals surface area (Å²) < 4.78 is 0. The Kier molecular flexibility index (Phi) is 2.47. The third-order valence-corrected chi connectivity index (χ3v) is 4.83. The lowest BCUT2D eigenvalue weighted by molar-refractivity contribution is 0.332. The molecular formula is C18H23N. The molecule has 2 aromatic carbocycles. The molecule has 19 heavy (non-hydrogen) atoms. The summed E-state index contributed by atoms with van der Waals surface area (Å²) in [5.41, 5.74) is 10.3. The molecule has 0 fully saturated rings. The number of nitrogen functional groups attached to an aromatic ring is 1. The van der Waals surface area contributed by atoms with Crippen LogP contribution in [0.2, 0.25) is 0 Å². The molecule has 0 atom stereocenters. The fourth-order valence-corrected chi connectivity index (χ4v) is 3.33. The molecule has 0 spiro atoms. The second-order valence-electron chi connectivity index (χ2n) is 7.27. The Morgan fingerprint density at radius 3 is 1.89 bits per heavy atom. The highest BCUT2D eigenvalue weighted by Crippen LogP contribution is 2.46. The monoisotopic (exact) mass is 253 g/mol. The van der Waals surface area contributed by atoms with Gasteiger partial charge in [0.1, 0.15) is 0 Å². The van der Waals surface area contributed by atoms with Crippen molar-refractivity contribution in [1.29, 1.82) is 0 Å². The molecule has 0 bridgehead atoms. The van der Waals surface area contributed by atoms with E-state index in [4.69, 9.17) is 5.73 Å². The van der Waals surface area contributed by atoms with Crippen LogP contribution in [0.15, 0.2) is 30.3 Å². The molecule has 100 valence electrons. The molecule has 0 amide bonds. The van der Waals surface area contributed by atoms with E-state index in [2.05, 4.69) is 52.0 Å². The van der Waals surface area contributed by atoms with E-state index in [9.17, 15) is 0 Å². The molecular weight excluding hydrogens is 230 g/mol. The van der Waals surface area contributed by atoms with E-state index >= 15 is 0 Å². The maximum atomic E-state index is 5.92. The van der Waals surface area contributed by atoms with Crippen molar-refractivity contribution in [1.82, 2.24) is 0 Å². The first-order chi connectivity index (χ1) is 8.79. The van der Waals surface area contributed by atoms with Crippen molar-refractivity contribution in [2.45, 2.75) is 51.4 Å². The van der Waals surface area contributed by atoms with Gasteiger partial charge in [0, 0.05) is 5.69 Å². The molecule has 0 aromatic heterocycles. The SMILES string of the molecule is CC1(C)CCC(C)(C)c2cc3cc(N)ccc3cc21. The van der Waals surface area contributed by atoms with E-state index < -0.39 is 0 Å². The molecule has 0 heterocycles. The van der Waals surface area contributed by atoms with Gasteiger partial charge in [-0.05, 0) is 57.7 Å². The van der Waals surface area contributed by atoms with Crippen molar-refractivity contribution in [3.05, 3.63) is 41.5 Å². The minimum Gasteiger partial charge on any atom is -0.399 e. The zero-order chi connectivity index (χ0) is 13.8. The molecule has 0 aliphatic heterocycles. The van der Waals surface area contributed by atoms with Crippen LogP contribution in [0.4, 0.5) is 5.69 Å². The Bertz CT molecular complexity index is 650. The van der Waals surface area contributed by atoms with Crippen molar-refractivity contribution >= 4 is 16.5 Å². The van der Waals surface area contributed by atoms with Crippen molar-refractivity contribution in [2.24, 2.45) is 0 Å². The largest absolute Gasteiger partial charge is 0.399 e. The number of benzene rings is 2. The summed E-state index contributed by atoms with van der Waals surface area (Å²) >= 11 is 0. The zero-order valence-corrected chi connectivity index (χ0v) is 12.4. The summed E-state index contributed by atoms with van der Waals surface area (Å²) in [7, 11) is 0. The average molecular weight is 253 g/mol. The molecule has 1 nitrogen and oxygen atoms in total. The predicted molar refractivity (Wildman–Crippen MR) is 83.6 cm³/mol. The van der Waals surface area contributed by atoms with Gasteiger partial charge < -0.3 is 5.73 Å². The number of hydrogen-bond acceptors (Lipinski definition) is 1. The number of hydrogen-bond donors (Lipinski definition) is 1. The molecule has 1 aliphatic carbocycles. The van der Waals surface area contributed by atoms with Crippen LogP contribution in [0.1, 0.15) is 51.7 Å². The molecule has 3 rings (SSSR count). The van der Waals surface area contributed by atoms with E-state index in [1.165, 1.54) is 34.7 Å². The second kappa shape index (κ2) is 3.75. The summed E-state index contributed by atoms with van der Waals surface area (Å²) in [6, 6.07) is 11.0. The van der Waals surface area contributed by atoms with Crippen LogP contribution in [0.25, 0.3) is 10.8 Å². The smallest absolute Gasteiger partial charge is 0.0320 e. The standard InChI is InChI=1S/C18H23N/c1-17(2)7-8-18(3,4)16-11-13-9-14(19)6-5-12(13)10-15(16)17/h5-6,9-11H,7-8,19H2,1-4H3. The number of nitrogens with two attached hydrogens (primary N) is 1. The minimum atomic E-state index is 0.268. The Morgan fingerprint density at radius 2 is 1.32 bits per heavy atom. The number of rotatable bonds is 0. The van der Waals surface area contributed by atoms with Crippen LogP contribution < -0.4 is 5.73 Å². The summed E-state index contributed by atoms with van der Waals surface area (Å²) in [4.78, 5) is 0. The van der Waals surface area contributed by atoms with E-state index in [0.717, 1.165) is 5.69 Å². The zero-order valence-electron chi connectivity index (χ0n) is 12.4. The van der Waals surface area contributed by atoms with Crippen molar-refractivity contribution in [2.75, 3.05) is 5.73 Å². The Morgan fingerprint density at radius 1 is 0.789 bits per heavy atom. The van der Waals surface area contributed by atoms with Gasteiger partial charge in [0.25, 0.3) is 0 Å². The lowest BCUT2D eigenvalue weighted by Gasteiger charge is -2.42. The lowest BCUT2D eigenvalue weighted by atomic mass is 9.63. The van der Waals surface area contributed by atoms with Crippen molar-refractivity contribution in [3.8, 4) is 0 Å². The number of fused-ring (bicyclic) bond motifs is 2. The summed E-state index contributed by atoms with van der Waals surface area (Å²) in [5.74, 6) is 0. The van der Waals surface area contributed by atoms with Gasteiger partial charge in [0.15, 0.2) is 0 Å². The molecule has 0 saturated heterocycles. The Hall–Kier alpha value is -1.50. The molecule has 1 heteroatoms. The van der Waals surface area contributed by atoms with Crippen molar-refractivity contribution in [3.63, 3.8) is 0 Å². The van der Waals surface area contributed by atoms with E-state index in [0.29, 0.717) is 0 Å². The van der Waals surface area contributed by atoms with E-state index in [-0.39, 0.29) is 10.8 Å². The molecule has 0 saturated carbocycles. The first-order valence-corrected chi connectivity index (χ1v) is 7.14. The van der Waals surface area contributed by atoms with E-state index in [1.54, 1.807) is 0 Å². The quantitative estimate of drug-likeness (QED) is 0.672. The summed E-state index contributed by atoms with van der Waals surface area (Å²) in [5, 5.41) is 2.57. The highest BCUT2D eigenvalue weighted by Gasteiger charge is 2.36. The molecule has 2 aromatic rings. The highest BCUT2D eigenvalue weighted by molar-refractivity contribution is 5.87. The van der Waals surface area contributed by atoms with E-state index in [1.807, 2.05) is 6.07 Å². The second-order valence-corrected chi connectivity index (χ2v) is 7.27. The minimum absolute atomic E-state index is 0.268. The van der Waals surface area contributed by atoms with Gasteiger partial charge in [-0.15, -0.1) is 0 Å². The first kappa shape index (κ1) is 12.5. The first-order valence-electron chi connectivity index (χ1n) is 7.14. The third-order valence-electron chi connectivity index (χ3n) is 4.83. The summed E-state index contributed by atoms with van der Waals surface area (Å²) in [6.45, 7) is 9.45. The average Bonchev–Trinajstić information content (AvgIpc) is 2.33. The molecule has 0 radical (unpaired) electrons. The number of anilines is 1. The van der Waals surface area contributed by atoms with Crippen LogP contribution in [0.5, 0.6) is 0 Å². The Labute approximate surface area is 115 Å². The van der Waals surface area contributed by atoms with Gasteiger partial charge in [0.2, 0.25) is 0 Å². The lowest BCUT2D eigenvalue weighted by Crippen LogP contribution is -2.33. The van der Waals surface area contributed by atoms with Crippen LogP contribution in [0, 0.1) is 0 Å². The van der Waals surface area contributed by atoms with Crippen LogP contribution >= 0.6 is 0 Å². The topological polar surface area (TPSA) is 26.0 Å². The molecule has 2 N–H and O–H groups in total. The molecule has 1 aliphatic rings. The highest BCUT2D eigenvalue weighted by atomic mass is 14.5. The van der Waals surface area contributed by atoms with Gasteiger partial charge in [-0.2, -0.15) is 0 Å². The fraction of sp³-hybridized carbons (Fsp3) is 0.444. The summed E-state index contributed by atoms with van der Waals surface area (Å²) in [6.07, 6.45) is 2.51. The van der Waals surface area contributed by atoms with Gasteiger partial charge in [-0.1, -0.05) is 45.9 Å². The van der Waals surface area contributed by atoms with Crippen molar-refractivity contribution < 1.29 is 0 Å². The molecule has 0 unspecified atom stereocenters. The van der Waals surface area contributed by atoms with Gasteiger partial charge in [-0.25, -0.2) is 0 Å². The van der Waals surface area contributed by atoms with Gasteiger partial charge >= 0.3 is 0 Å². The van der Waals surface area contributed by atoms with Gasteiger partial charge in [0.05, 0.1) is 0 Å². The maximum Gasteiger partial charge on any atom is 0.0320 e. The fourth-order valence-electron chi connectivity index (χ4n) is 3.33. The maximum absolute atomic E-state index is 5.92. The van der Waals surface area contributed by atoms with Crippen LogP contribution in [0.3, 0.4) is 0 Å². The normalized spacial score (nSPS) is 20.2. The van der Waals surface area contributed by atoms with Crippen LogP contribution in [-0.2, 0) is 10.8 Å². The van der Waals surface area contributed by atoms with Gasteiger partial charge in [-0.3, -0.25) is 0 Å².